The number of nitrogens with one attached hydrogen (secondary N) is 3. The SMILES string of the molecule is NC(=O)c1cc(NC(=O)CCCCCCC(=O)CCCC[C@@H]2SC[C@@H]3CC(N)=N[C@@H]32)cc(NC(=O)CCCCCCC(=O)CCCC[C@@H]2SC[C@@H]3NC(N)=N[C@@H]32)c1. The highest BCUT2D eigenvalue weighted by Gasteiger charge is 2.41. The van der Waals surface area contributed by atoms with E-state index in [1.165, 1.54) is 12.1 Å². The van der Waals surface area contributed by atoms with E-state index in [2.05, 4.69) is 25.9 Å². The zero-order valence-electron chi connectivity index (χ0n) is 33.4. The summed E-state index contributed by atoms with van der Waals surface area (Å²) in [7, 11) is 0. The van der Waals surface area contributed by atoms with Crippen LogP contribution in [0.3, 0.4) is 0 Å². The summed E-state index contributed by atoms with van der Waals surface area (Å²) in [6.45, 7) is 0. The number of unbranched alkanes of at least 4 members (excludes halogenated alkanes) is 8. The van der Waals surface area contributed by atoms with Crippen molar-refractivity contribution in [3.05, 3.63) is 23.8 Å². The van der Waals surface area contributed by atoms with E-state index in [9.17, 15) is 24.0 Å². The Labute approximate surface area is 346 Å². The number of carbonyl (C=O) groups is 5. The Morgan fingerprint density at radius 3 is 1.67 bits per heavy atom. The van der Waals surface area contributed by atoms with Gasteiger partial charge in [-0.2, -0.15) is 23.5 Å². The number of fused-ring (bicyclic) bond motifs is 2. The Bertz CT molecular complexity index is 1520. The Kier molecular flexibility index (Phi) is 18.1. The van der Waals surface area contributed by atoms with Gasteiger partial charge in [0.05, 0.1) is 24.0 Å². The number of benzene rings is 1. The predicted molar refractivity (Wildman–Crippen MR) is 233 cm³/mol. The molecule has 1 aromatic rings. The summed E-state index contributed by atoms with van der Waals surface area (Å²) in [6, 6.07) is 5.65. The van der Waals surface area contributed by atoms with Gasteiger partial charge in [-0.3, -0.25) is 29.0 Å². The van der Waals surface area contributed by atoms with Crippen molar-refractivity contribution in [3.8, 4) is 0 Å². The van der Waals surface area contributed by atoms with Gasteiger partial charge >= 0.3 is 0 Å². The van der Waals surface area contributed by atoms with E-state index >= 15 is 0 Å². The molecule has 1 aromatic carbocycles. The number of nitrogens with zero attached hydrogens (tertiary/aromatic N) is 2. The van der Waals surface area contributed by atoms with Crippen LogP contribution in [0.15, 0.2) is 28.2 Å². The second-order valence-corrected chi connectivity index (χ2v) is 18.8. The van der Waals surface area contributed by atoms with Gasteiger partial charge in [0.25, 0.3) is 0 Å². The first-order valence-electron chi connectivity index (χ1n) is 21.3. The van der Waals surface area contributed by atoms with Crippen molar-refractivity contribution >= 4 is 76.0 Å². The van der Waals surface area contributed by atoms with Crippen molar-refractivity contribution in [1.82, 2.24) is 5.32 Å². The molecule has 13 nitrogen and oxygen atoms in total. The fourth-order valence-corrected chi connectivity index (χ4v) is 11.5. The van der Waals surface area contributed by atoms with Crippen LogP contribution in [0.5, 0.6) is 0 Å². The first kappa shape index (κ1) is 44.5. The summed E-state index contributed by atoms with van der Waals surface area (Å²) in [6.07, 6.45) is 16.5. The van der Waals surface area contributed by atoms with E-state index in [4.69, 9.17) is 17.2 Å². The lowest BCUT2D eigenvalue weighted by atomic mass is 9.96. The van der Waals surface area contributed by atoms with Gasteiger partial charge in [-0.25, -0.2) is 4.99 Å². The molecule has 4 aliphatic rings. The lowest BCUT2D eigenvalue weighted by Crippen LogP contribution is -2.38. The van der Waals surface area contributed by atoms with Crippen LogP contribution >= 0.6 is 23.5 Å². The van der Waals surface area contributed by atoms with Gasteiger partial charge in [-0.1, -0.05) is 38.5 Å². The fraction of sp³-hybridized carbons (Fsp3) is 0.690. The van der Waals surface area contributed by atoms with E-state index < -0.39 is 5.91 Å². The zero-order chi connectivity index (χ0) is 40.6. The lowest BCUT2D eigenvalue weighted by Gasteiger charge is -2.14. The van der Waals surface area contributed by atoms with E-state index in [0.29, 0.717) is 109 Å². The number of thioether (sulfide) groups is 2. The molecule has 2 saturated heterocycles. The molecule has 0 bridgehead atoms. The number of hydrogen-bond donors (Lipinski definition) is 6. The first-order valence-corrected chi connectivity index (χ1v) is 23.4. The third-order valence-corrected chi connectivity index (χ3v) is 14.5. The Hall–Kier alpha value is -3.59. The maximum atomic E-state index is 12.7. The van der Waals surface area contributed by atoms with Crippen molar-refractivity contribution in [2.45, 2.75) is 163 Å². The highest BCUT2D eigenvalue weighted by molar-refractivity contribution is 8.00. The minimum atomic E-state index is -0.658. The molecule has 9 N–H and O–H groups in total. The minimum absolute atomic E-state index is 0.188. The summed E-state index contributed by atoms with van der Waals surface area (Å²) in [5.41, 5.74) is 18.3. The topological polar surface area (TPSA) is 224 Å². The van der Waals surface area contributed by atoms with Crippen molar-refractivity contribution in [2.75, 3.05) is 22.1 Å². The molecular weight excluding hydrogens is 761 g/mol. The summed E-state index contributed by atoms with van der Waals surface area (Å²) in [5, 5.41) is 9.92. The lowest BCUT2D eigenvalue weighted by molar-refractivity contribution is -0.120. The number of Topliss-reactive ketones (excluding diaryl/α,β-unsaturated/α-hetero) is 2. The van der Waals surface area contributed by atoms with E-state index in [-0.39, 0.29) is 23.4 Å². The number of amides is 3. The molecule has 0 aliphatic carbocycles. The molecule has 4 aliphatic heterocycles. The van der Waals surface area contributed by atoms with Crippen molar-refractivity contribution in [3.63, 3.8) is 0 Å². The third-order valence-electron chi connectivity index (χ3n) is 11.5. The van der Waals surface area contributed by atoms with E-state index in [1.807, 2.05) is 23.5 Å². The van der Waals surface area contributed by atoms with Crippen LogP contribution < -0.4 is 33.2 Å². The summed E-state index contributed by atoms with van der Waals surface area (Å²) in [5.74, 6) is 3.72. The van der Waals surface area contributed by atoms with E-state index in [0.717, 1.165) is 101 Å². The predicted octanol–water partition coefficient (Wildman–Crippen LogP) is 6.23. The molecule has 5 rings (SSSR count). The maximum Gasteiger partial charge on any atom is 0.248 e. The molecule has 3 amide bonds. The van der Waals surface area contributed by atoms with Gasteiger partial charge in [0.2, 0.25) is 17.7 Å². The molecule has 0 spiro atoms. The number of rotatable bonds is 27. The van der Waals surface area contributed by atoms with Crippen LogP contribution in [0, 0.1) is 5.92 Å². The molecule has 6 atom stereocenters. The number of primary amides is 1. The Balaban J connectivity index is 0.867. The number of guanidine groups is 1. The van der Waals surface area contributed by atoms with Gasteiger partial charge in [-0.15, -0.1) is 0 Å². The quantitative estimate of drug-likeness (QED) is 0.0548. The second-order valence-electron chi connectivity index (χ2n) is 16.2. The van der Waals surface area contributed by atoms with E-state index in [1.54, 1.807) is 6.07 Å². The molecule has 0 saturated carbocycles. The Morgan fingerprint density at radius 1 is 0.632 bits per heavy atom. The monoisotopic (exact) mass is 824 g/mol. The van der Waals surface area contributed by atoms with Gasteiger partial charge < -0.3 is 33.2 Å². The van der Waals surface area contributed by atoms with Crippen LogP contribution in [-0.4, -0.2) is 81.2 Å². The van der Waals surface area contributed by atoms with Gasteiger partial charge in [0, 0.05) is 78.1 Å². The molecule has 0 radical (unpaired) electrons. The highest BCUT2D eigenvalue weighted by Crippen LogP contribution is 2.41. The molecule has 57 heavy (non-hydrogen) atoms. The number of amidine groups is 1. The average molecular weight is 825 g/mol. The number of nitrogens with two attached hydrogens (primary N) is 3. The largest absolute Gasteiger partial charge is 0.387 e. The Morgan fingerprint density at radius 2 is 1.12 bits per heavy atom. The molecule has 314 valence electrons. The van der Waals surface area contributed by atoms with Crippen molar-refractivity contribution in [1.29, 1.82) is 0 Å². The summed E-state index contributed by atoms with van der Waals surface area (Å²) in [4.78, 5) is 71.3. The first-order chi connectivity index (χ1) is 27.5. The zero-order valence-corrected chi connectivity index (χ0v) is 35.1. The smallest absolute Gasteiger partial charge is 0.248 e. The van der Waals surface area contributed by atoms with Crippen LogP contribution in [0.4, 0.5) is 11.4 Å². The standard InChI is InChI=1S/C42H64N8O5S2/c43-36-23-28-25-56-34(39(28)49-36)17-11-9-15-31(51)13-5-1-3-7-19-37(53)46-29-21-27(41(44)55)22-30(24-29)47-38(54)20-8-4-2-6-14-32(52)16-10-12-18-35-40-33(26-57-35)48-42(45)50-40/h21-22,24,28,33-35,39-40H,1-20,23,25-26H2,(H2,43,49)(H2,44,55)(H,46,53)(H,47,54)(H3,45,48,50)/t28-,33-,34-,35-,39-,40-/m0/s1. The average Bonchev–Trinajstić information content (AvgIpc) is 3.93. The number of aliphatic imine (C=N–C) groups is 2. The molecular formula is C42H64N8O5S2. The minimum Gasteiger partial charge on any atom is -0.387 e. The van der Waals surface area contributed by atoms with Crippen LogP contribution in [0.2, 0.25) is 0 Å². The van der Waals surface area contributed by atoms with Crippen molar-refractivity contribution in [2.24, 2.45) is 33.1 Å². The number of carbonyl (C=O) groups excluding carboxylic acids is 5. The number of ketones is 2. The number of anilines is 2. The van der Waals surface area contributed by atoms with Gasteiger partial charge in [-0.05, 0) is 81.2 Å². The molecule has 2 fully saturated rings. The fourth-order valence-electron chi connectivity index (χ4n) is 8.38. The van der Waals surface area contributed by atoms with Crippen LogP contribution in [0.25, 0.3) is 0 Å². The van der Waals surface area contributed by atoms with Crippen LogP contribution in [-0.2, 0) is 19.2 Å². The highest BCUT2D eigenvalue weighted by atomic mass is 32.2. The summed E-state index contributed by atoms with van der Waals surface area (Å²) >= 11 is 3.96. The molecule has 15 heteroatoms. The molecule has 4 heterocycles. The van der Waals surface area contributed by atoms with Gasteiger partial charge in [0.1, 0.15) is 11.6 Å². The molecule has 0 aromatic heterocycles. The maximum absolute atomic E-state index is 12.7. The number of hydrogen-bond acceptors (Lipinski definition) is 12. The van der Waals surface area contributed by atoms with Crippen molar-refractivity contribution < 1.29 is 24.0 Å². The normalized spacial score (nSPS) is 23.3. The third kappa shape index (κ3) is 14.9. The van der Waals surface area contributed by atoms with Gasteiger partial charge in [0.15, 0.2) is 5.96 Å². The van der Waals surface area contributed by atoms with Crippen LogP contribution in [0.1, 0.15) is 145 Å². The second kappa shape index (κ2) is 23.1. The molecule has 0 unspecified atom stereocenters. The summed E-state index contributed by atoms with van der Waals surface area (Å²) < 4.78 is 0.